The highest BCUT2D eigenvalue weighted by atomic mass is 32.2. The van der Waals surface area contributed by atoms with Gasteiger partial charge in [0, 0.05) is 25.0 Å². The van der Waals surface area contributed by atoms with E-state index in [0.717, 1.165) is 32.1 Å². The maximum Gasteiger partial charge on any atom is 0.330 e. The van der Waals surface area contributed by atoms with Gasteiger partial charge in [0.2, 0.25) is 0 Å². The Hall–Kier alpha value is -3.40. The van der Waals surface area contributed by atoms with Crippen LogP contribution in [-0.4, -0.2) is 41.5 Å². The standard InChI is InChI=1S/C24H27NO8S/c1-29-20-13-16(7-10-22(26)30-2)14-21(23(20)31-3)34(27,28)25-17-8-9-18-19(15-17)33-24(32-18)11-5-4-6-12-24/h7-10,13-15,25H,4-6,11-12H2,1-3H3/b10-7+. The van der Waals surface area contributed by atoms with Gasteiger partial charge < -0.3 is 23.7 Å². The molecule has 2 aromatic carbocycles. The van der Waals surface area contributed by atoms with Crippen molar-refractivity contribution in [1.82, 2.24) is 0 Å². The molecule has 1 aliphatic heterocycles. The third-order valence-electron chi connectivity index (χ3n) is 5.77. The SMILES string of the molecule is COC(=O)/C=C/c1cc(OC)c(OC)c(S(=O)(=O)Nc2ccc3c(c2)OC2(CCCCC2)O3)c1. The minimum atomic E-state index is -4.11. The van der Waals surface area contributed by atoms with Crippen LogP contribution in [0.1, 0.15) is 37.7 Å². The summed E-state index contributed by atoms with van der Waals surface area (Å²) >= 11 is 0. The predicted molar refractivity (Wildman–Crippen MR) is 125 cm³/mol. The molecule has 4 rings (SSSR count). The van der Waals surface area contributed by atoms with Crippen LogP contribution in [0.2, 0.25) is 0 Å². The maximum atomic E-state index is 13.4. The van der Waals surface area contributed by atoms with Crippen molar-refractivity contribution in [3.63, 3.8) is 0 Å². The Morgan fingerprint density at radius 1 is 1.00 bits per heavy atom. The number of ether oxygens (including phenoxy) is 5. The normalized spacial score (nSPS) is 16.4. The van der Waals surface area contributed by atoms with Crippen LogP contribution >= 0.6 is 0 Å². The van der Waals surface area contributed by atoms with Crippen molar-refractivity contribution in [1.29, 1.82) is 0 Å². The molecule has 0 amide bonds. The Balaban J connectivity index is 1.64. The summed E-state index contributed by atoms with van der Waals surface area (Å²) in [4.78, 5) is 11.3. The average molecular weight is 490 g/mol. The van der Waals surface area contributed by atoms with Crippen LogP contribution in [0.3, 0.4) is 0 Å². The minimum Gasteiger partial charge on any atom is -0.493 e. The first-order valence-electron chi connectivity index (χ1n) is 10.9. The minimum absolute atomic E-state index is 0.0344. The van der Waals surface area contributed by atoms with Crippen LogP contribution in [0, 0.1) is 0 Å². The van der Waals surface area contributed by atoms with E-state index in [2.05, 4.69) is 9.46 Å². The molecule has 2 aliphatic rings. The zero-order valence-corrected chi connectivity index (χ0v) is 20.1. The Labute approximate surface area is 198 Å². The highest BCUT2D eigenvalue weighted by Gasteiger charge is 2.42. The zero-order valence-electron chi connectivity index (χ0n) is 19.3. The molecule has 0 aromatic heterocycles. The lowest BCUT2D eigenvalue weighted by Gasteiger charge is -2.31. The van der Waals surface area contributed by atoms with Crippen LogP contribution in [0.15, 0.2) is 41.3 Å². The molecular weight excluding hydrogens is 462 g/mol. The van der Waals surface area contributed by atoms with Crippen LogP contribution in [0.4, 0.5) is 5.69 Å². The summed E-state index contributed by atoms with van der Waals surface area (Å²) in [6, 6.07) is 7.87. The molecule has 10 heteroatoms. The summed E-state index contributed by atoms with van der Waals surface area (Å²) < 4.78 is 56.7. The first-order chi connectivity index (χ1) is 16.3. The van der Waals surface area contributed by atoms with E-state index < -0.39 is 21.8 Å². The van der Waals surface area contributed by atoms with Gasteiger partial charge in [0.05, 0.1) is 27.0 Å². The quantitative estimate of drug-likeness (QED) is 0.457. The number of anilines is 1. The van der Waals surface area contributed by atoms with Gasteiger partial charge >= 0.3 is 5.97 Å². The number of benzene rings is 2. The van der Waals surface area contributed by atoms with Gasteiger partial charge in [-0.1, -0.05) is 6.42 Å². The van der Waals surface area contributed by atoms with Crippen molar-refractivity contribution >= 4 is 27.8 Å². The van der Waals surface area contributed by atoms with Gasteiger partial charge in [-0.2, -0.15) is 0 Å². The van der Waals surface area contributed by atoms with Gasteiger partial charge in [-0.25, -0.2) is 13.2 Å². The van der Waals surface area contributed by atoms with Gasteiger partial charge in [-0.3, -0.25) is 4.72 Å². The van der Waals surface area contributed by atoms with E-state index in [1.807, 2.05) is 0 Å². The molecular formula is C24H27NO8S. The fourth-order valence-corrected chi connectivity index (χ4v) is 5.41. The van der Waals surface area contributed by atoms with Crippen LogP contribution in [0.5, 0.6) is 23.0 Å². The second-order valence-corrected chi connectivity index (χ2v) is 9.70. The second-order valence-electron chi connectivity index (χ2n) is 8.05. The highest BCUT2D eigenvalue weighted by molar-refractivity contribution is 7.92. The lowest BCUT2D eigenvalue weighted by atomic mass is 9.94. The van der Waals surface area contributed by atoms with Crippen molar-refractivity contribution < 1.29 is 36.9 Å². The third-order valence-corrected chi connectivity index (χ3v) is 7.16. The molecule has 9 nitrogen and oxygen atoms in total. The third kappa shape index (κ3) is 4.77. The molecule has 1 fully saturated rings. The molecule has 1 heterocycles. The molecule has 1 N–H and O–H groups in total. The van der Waals surface area contributed by atoms with Crippen LogP contribution in [-0.2, 0) is 19.6 Å². The van der Waals surface area contributed by atoms with Gasteiger partial charge in [-0.15, -0.1) is 0 Å². The lowest BCUT2D eigenvalue weighted by Crippen LogP contribution is -2.40. The van der Waals surface area contributed by atoms with E-state index in [9.17, 15) is 13.2 Å². The van der Waals surface area contributed by atoms with E-state index >= 15 is 0 Å². The number of fused-ring (bicyclic) bond motifs is 1. The molecule has 2 aromatic rings. The number of sulfonamides is 1. The highest BCUT2D eigenvalue weighted by Crippen LogP contribution is 2.47. The molecule has 0 unspecified atom stereocenters. The summed E-state index contributed by atoms with van der Waals surface area (Å²) in [5, 5.41) is 0. The van der Waals surface area contributed by atoms with E-state index in [4.69, 9.17) is 18.9 Å². The van der Waals surface area contributed by atoms with Gasteiger partial charge in [0.15, 0.2) is 23.0 Å². The predicted octanol–water partition coefficient (Wildman–Crippen LogP) is 4.12. The summed E-state index contributed by atoms with van der Waals surface area (Å²) in [5.74, 6) is 0.0930. The van der Waals surface area contributed by atoms with Gasteiger partial charge in [0.1, 0.15) is 4.90 Å². The first kappa shape index (κ1) is 23.7. The number of methoxy groups -OCH3 is 3. The fourth-order valence-electron chi connectivity index (χ4n) is 4.14. The number of hydrogen-bond donors (Lipinski definition) is 1. The number of rotatable bonds is 7. The van der Waals surface area contributed by atoms with Crippen LogP contribution in [0.25, 0.3) is 6.08 Å². The fraction of sp³-hybridized carbons (Fsp3) is 0.375. The Kier molecular flexibility index (Phi) is 6.60. The van der Waals surface area contributed by atoms with E-state index in [1.54, 1.807) is 24.3 Å². The van der Waals surface area contributed by atoms with Crippen molar-refractivity contribution in [2.75, 3.05) is 26.1 Å². The van der Waals surface area contributed by atoms with E-state index in [1.165, 1.54) is 39.5 Å². The maximum absolute atomic E-state index is 13.4. The second kappa shape index (κ2) is 9.46. The average Bonchev–Trinajstić information content (AvgIpc) is 3.18. The summed E-state index contributed by atoms with van der Waals surface area (Å²) in [7, 11) is -0.106. The number of nitrogens with one attached hydrogen (secondary N) is 1. The first-order valence-corrected chi connectivity index (χ1v) is 12.3. The number of carbonyl (C=O) groups excluding carboxylic acids is 1. The number of hydrogen-bond acceptors (Lipinski definition) is 8. The summed E-state index contributed by atoms with van der Waals surface area (Å²) in [6.07, 6.45) is 7.40. The van der Waals surface area contributed by atoms with Gasteiger partial charge in [0.25, 0.3) is 15.8 Å². The Morgan fingerprint density at radius 2 is 1.74 bits per heavy atom. The smallest absolute Gasteiger partial charge is 0.330 e. The van der Waals surface area contributed by atoms with Crippen molar-refractivity contribution in [3.05, 3.63) is 42.0 Å². The van der Waals surface area contributed by atoms with E-state index in [0.29, 0.717) is 22.7 Å². The molecule has 0 saturated heterocycles. The largest absolute Gasteiger partial charge is 0.493 e. The molecule has 182 valence electrons. The molecule has 1 aliphatic carbocycles. The van der Waals surface area contributed by atoms with Crippen molar-refractivity contribution in [2.45, 2.75) is 42.8 Å². The van der Waals surface area contributed by atoms with Crippen molar-refractivity contribution in [3.8, 4) is 23.0 Å². The number of carbonyl (C=O) groups is 1. The molecule has 0 radical (unpaired) electrons. The molecule has 0 atom stereocenters. The number of esters is 1. The monoisotopic (exact) mass is 489 g/mol. The lowest BCUT2D eigenvalue weighted by molar-refractivity contribution is -0.134. The van der Waals surface area contributed by atoms with E-state index in [-0.39, 0.29) is 16.4 Å². The Bertz CT molecular complexity index is 1220. The Morgan fingerprint density at radius 3 is 2.41 bits per heavy atom. The summed E-state index contributed by atoms with van der Waals surface area (Å²) in [5.41, 5.74) is 0.722. The molecule has 34 heavy (non-hydrogen) atoms. The topological polar surface area (TPSA) is 109 Å². The molecule has 1 saturated carbocycles. The van der Waals surface area contributed by atoms with Crippen molar-refractivity contribution in [2.24, 2.45) is 0 Å². The molecule has 0 bridgehead atoms. The summed E-state index contributed by atoms with van der Waals surface area (Å²) in [6.45, 7) is 0. The van der Waals surface area contributed by atoms with Crippen LogP contribution < -0.4 is 23.7 Å². The zero-order chi connectivity index (χ0) is 24.3. The molecule has 1 spiro atoms. The van der Waals surface area contributed by atoms with Gasteiger partial charge in [-0.05, 0) is 48.7 Å².